The van der Waals surface area contributed by atoms with E-state index in [9.17, 15) is 4.79 Å². The zero-order chi connectivity index (χ0) is 20.3. The van der Waals surface area contributed by atoms with E-state index in [0.717, 1.165) is 17.8 Å². The lowest BCUT2D eigenvalue weighted by Crippen LogP contribution is -2.01. The Hall–Kier alpha value is -0.990. The molecule has 1 rings (SSSR count). The van der Waals surface area contributed by atoms with E-state index in [4.69, 9.17) is 11.6 Å². The van der Waals surface area contributed by atoms with Crippen LogP contribution < -0.4 is 5.32 Å². The van der Waals surface area contributed by atoms with E-state index in [0.29, 0.717) is 0 Å². The van der Waals surface area contributed by atoms with Crippen molar-refractivity contribution in [2.24, 2.45) is 0 Å². The van der Waals surface area contributed by atoms with Crippen molar-refractivity contribution in [1.29, 1.82) is 0 Å². The van der Waals surface area contributed by atoms with Crippen molar-refractivity contribution in [1.82, 2.24) is 0 Å². The van der Waals surface area contributed by atoms with Crippen molar-refractivity contribution >= 4 is 41.0 Å². The number of hydrogen-bond acceptors (Lipinski definition) is 2. The minimum Gasteiger partial charge on any atom is -0.385 e. The Labute approximate surface area is 190 Å². The number of anilines is 1. The van der Waals surface area contributed by atoms with Crippen LogP contribution in [0.3, 0.4) is 0 Å². The van der Waals surface area contributed by atoms with Gasteiger partial charge in [-0.25, -0.2) is 0 Å². The van der Waals surface area contributed by atoms with Crippen molar-refractivity contribution in [2.75, 3.05) is 11.9 Å². The summed E-state index contributed by atoms with van der Waals surface area (Å²) < 4.78 is 0. The number of rotatable bonds is 18. The molecule has 0 aromatic heterocycles. The maximum atomic E-state index is 10.7. The number of unbranched alkanes of at least 4 members (excludes halogenated alkanes) is 13. The number of halogens is 2. The molecule has 166 valence electrons. The quantitative estimate of drug-likeness (QED) is 0.140. The summed E-state index contributed by atoms with van der Waals surface area (Å²) in [6, 6.07) is 8.07. The molecule has 0 aliphatic carbocycles. The minimum absolute atomic E-state index is 0. The van der Waals surface area contributed by atoms with E-state index in [1.54, 1.807) is 6.08 Å². The highest BCUT2D eigenvalue weighted by atomic mass is 35.5. The lowest BCUT2D eigenvalue weighted by atomic mass is 10.0. The first kappa shape index (κ1) is 28.0. The van der Waals surface area contributed by atoms with Gasteiger partial charge in [-0.3, -0.25) is 4.79 Å². The van der Waals surface area contributed by atoms with Gasteiger partial charge in [-0.15, -0.1) is 12.4 Å². The molecule has 2 nitrogen and oxygen atoms in total. The summed E-state index contributed by atoms with van der Waals surface area (Å²) in [6.07, 6.45) is 22.6. The van der Waals surface area contributed by atoms with Gasteiger partial charge in [0.05, 0.1) is 0 Å². The maximum Gasteiger partial charge on any atom is 0.245 e. The number of nitrogens with one attached hydrogen (secondary N) is 1. The molecule has 0 radical (unpaired) electrons. The first-order chi connectivity index (χ1) is 13.7. The molecular weight excluding hydrogens is 401 g/mol. The number of benzene rings is 1. The maximum absolute atomic E-state index is 10.7. The summed E-state index contributed by atoms with van der Waals surface area (Å²) in [5, 5.41) is 3.02. The van der Waals surface area contributed by atoms with Gasteiger partial charge >= 0.3 is 0 Å². The molecule has 0 aliphatic rings. The number of carbonyl (C=O) groups is 1. The lowest BCUT2D eigenvalue weighted by Gasteiger charge is -2.07. The smallest absolute Gasteiger partial charge is 0.245 e. The lowest BCUT2D eigenvalue weighted by molar-refractivity contribution is -0.107. The Balaban J connectivity index is 0.00000784. The average Bonchev–Trinajstić information content (AvgIpc) is 2.70. The van der Waals surface area contributed by atoms with E-state index in [1.807, 2.05) is 24.3 Å². The van der Waals surface area contributed by atoms with Gasteiger partial charge < -0.3 is 5.32 Å². The summed E-state index contributed by atoms with van der Waals surface area (Å²) in [7, 11) is 0. The van der Waals surface area contributed by atoms with Crippen LogP contribution in [0.1, 0.15) is 102 Å². The fourth-order valence-electron chi connectivity index (χ4n) is 3.43. The Morgan fingerprint density at radius 1 is 0.793 bits per heavy atom. The first-order valence-corrected chi connectivity index (χ1v) is 11.8. The molecule has 1 aromatic rings. The van der Waals surface area contributed by atoms with Crippen LogP contribution in [0, 0.1) is 0 Å². The van der Waals surface area contributed by atoms with Gasteiger partial charge in [0.2, 0.25) is 5.24 Å². The number of carbonyl (C=O) groups excluding carboxylic acids is 1. The summed E-state index contributed by atoms with van der Waals surface area (Å²) >= 11 is 5.30. The predicted molar refractivity (Wildman–Crippen MR) is 132 cm³/mol. The number of allylic oxidation sites excluding steroid dienone is 1. The van der Waals surface area contributed by atoms with Gasteiger partial charge in [-0.05, 0) is 41.8 Å². The summed E-state index contributed by atoms with van der Waals surface area (Å²) in [5.41, 5.74) is 2.11. The van der Waals surface area contributed by atoms with Crippen LogP contribution in [0.25, 0.3) is 6.08 Å². The van der Waals surface area contributed by atoms with Gasteiger partial charge in [0.15, 0.2) is 0 Å². The minimum atomic E-state index is -0.444. The Morgan fingerprint density at radius 2 is 1.24 bits per heavy atom. The predicted octanol–water partition coefficient (Wildman–Crippen LogP) is 8.78. The van der Waals surface area contributed by atoms with Crippen molar-refractivity contribution in [3.63, 3.8) is 0 Å². The van der Waals surface area contributed by atoms with Gasteiger partial charge in [-0.2, -0.15) is 0 Å². The highest BCUT2D eigenvalue weighted by molar-refractivity contribution is 6.66. The van der Waals surface area contributed by atoms with E-state index in [2.05, 4.69) is 12.2 Å². The summed E-state index contributed by atoms with van der Waals surface area (Å²) in [6.45, 7) is 3.30. The van der Waals surface area contributed by atoms with Gasteiger partial charge in [0.25, 0.3) is 0 Å². The Kier molecular flexibility index (Phi) is 19.6. The molecule has 1 aromatic carbocycles. The van der Waals surface area contributed by atoms with E-state index in [1.165, 1.54) is 96.0 Å². The van der Waals surface area contributed by atoms with Gasteiger partial charge in [0.1, 0.15) is 0 Å². The van der Waals surface area contributed by atoms with Crippen LogP contribution in [0.15, 0.2) is 30.3 Å². The molecule has 0 saturated heterocycles. The summed E-state index contributed by atoms with van der Waals surface area (Å²) in [5.74, 6) is 0. The highest BCUT2D eigenvalue weighted by Gasteiger charge is 1.96. The first-order valence-electron chi connectivity index (χ1n) is 11.4. The van der Waals surface area contributed by atoms with Crippen LogP contribution in [0.5, 0.6) is 0 Å². The topological polar surface area (TPSA) is 29.1 Å². The fourth-order valence-corrected chi connectivity index (χ4v) is 3.49. The molecule has 4 heteroatoms. The second-order valence-corrected chi connectivity index (χ2v) is 8.15. The fraction of sp³-hybridized carbons (Fsp3) is 0.640. The van der Waals surface area contributed by atoms with E-state index < -0.39 is 5.24 Å². The van der Waals surface area contributed by atoms with Crippen molar-refractivity contribution in [2.45, 2.75) is 96.8 Å². The SMILES string of the molecule is CCCCCCCCCCCCCCCCNc1ccc(C=CC(=O)Cl)cc1.Cl. The molecule has 0 saturated carbocycles. The normalized spacial score (nSPS) is 10.8. The van der Waals surface area contributed by atoms with Crippen LogP contribution in [-0.4, -0.2) is 11.8 Å². The third-order valence-corrected chi connectivity index (χ3v) is 5.30. The van der Waals surface area contributed by atoms with Gasteiger partial charge in [-0.1, -0.05) is 109 Å². The second kappa shape index (κ2) is 20.3. The van der Waals surface area contributed by atoms with Crippen molar-refractivity contribution in [3.8, 4) is 0 Å². The molecule has 0 bridgehead atoms. The second-order valence-electron chi connectivity index (χ2n) is 7.78. The zero-order valence-corrected chi connectivity index (χ0v) is 19.8. The van der Waals surface area contributed by atoms with Crippen LogP contribution in [0.4, 0.5) is 5.69 Å². The Bertz CT molecular complexity index is 528. The van der Waals surface area contributed by atoms with Crippen LogP contribution in [-0.2, 0) is 4.79 Å². The summed E-state index contributed by atoms with van der Waals surface area (Å²) in [4.78, 5) is 10.7. The molecule has 0 spiro atoms. The van der Waals surface area contributed by atoms with Crippen LogP contribution in [0.2, 0.25) is 0 Å². The molecule has 0 fully saturated rings. The highest BCUT2D eigenvalue weighted by Crippen LogP contribution is 2.14. The zero-order valence-electron chi connectivity index (χ0n) is 18.3. The van der Waals surface area contributed by atoms with E-state index in [-0.39, 0.29) is 12.4 Å². The number of hydrogen-bond donors (Lipinski definition) is 1. The molecule has 0 heterocycles. The standard InChI is InChI=1S/C25H40ClNO.ClH/c1-2-3-4-5-6-7-8-9-10-11-12-13-14-15-22-27-24-19-16-23(17-20-24)18-21-25(26)28;/h16-21,27H,2-15,22H2,1H3;1H. The molecular formula is C25H41Cl2NO. The van der Waals surface area contributed by atoms with E-state index >= 15 is 0 Å². The molecule has 0 aliphatic heterocycles. The molecule has 0 atom stereocenters. The van der Waals surface area contributed by atoms with Crippen LogP contribution >= 0.6 is 24.0 Å². The Morgan fingerprint density at radius 3 is 1.69 bits per heavy atom. The third kappa shape index (κ3) is 17.6. The van der Waals surface area contributed by atoms with Gasteiger partial charge in [0, 0.05) is 12.2 Å². The van der Waals surface area contributed by atoms with Crippen molar-refractivity contribution in [3.05, 3.63) is 35.9 Å². The third-order valence-electron chi connectivity index (χ3n) is 5.18. The molecule has 1 N–H and O–H groups in total. The largest absolute Gasteiger partial charge is 0.385 e. The molecule has 29 heavy (non-hydrogen) atoms. The molecule has 0 unspecified atom stereocenters. The molecule has 0 amide bonds. The van der Waals surface area contributed by atoms with Crippen molar-refractivity contribution < 1.29 is 4.79 Å². The average molecular weight is 443 g/mol. The monoisotopic (exact) mass is 441 g/mol.